The Morgan fingerprint density at radius 2 is 2.36 bits per heavy atom. The van der Waals surface area contributed by atoms with Crippen molar-refractivity contribution in [3.8, 4) is 0 Å². The van der Waals surface area contributed by atoms with E-state index in [4.69, 9.17) is 0 Å². The molecule has 1 heterocycles. The lowest BCUT2D eigenvalue weighted by Crippen LogP contribution is -2.49. The van der Waals surface area contributed by atoms with E-state index in [9.17, 15) is 0 Å². The zero-order chi connectivity index (χ0) is 10.0. The highest BCUT2D eigenvalue weighted by Crippen LogP contribution is 2.34. The van der Waals surface area contributed by atoms with Gasteiger partial charge in [-0.05, 0) is 25.7 Å². The van der Waals surface area contributed by atoms with Crippen molar-refractivity contribution in [2.45, 2.75) is 44.7 Å². The maximum Gasteiger partial charge on any atom is 0.0964 e. The lowest BCUT2D eigenvalue weighted by atomic mass is 9.75. The van der Waals surface area contributed by atoms with Crippen LogP contribution in [-0.2, 0) is 13.6 Å². The Hall–Kier alpha value is -0.900. The van der Waals surface area contributed by atoms with Gasteiger partial charge in [-0.15, -0.1) is 5.10 Å². The van der Waals surface area contributed by atoms with Crippen LogP contribution in [0.1, 0.15) is 38.3 Å². The molecule has 1 aliphatic carbocycles. The number of aryl methyl sites for hydroxylation is 1. The third-order valence-corrected chi connectivity index (χ3v) is 3.28. The molecular weight excluding hydrogens is 176 g/mol. The maximum atomic E-state index is 4.06. The van der Waals surface area contributed by atoms with E-state index in [2.05, 4.69) is 22.6 Å². The first kappa shape index (κ1) is 9.65. The molecule has 2 rings (SSSR count). The Morgan fingerprint density at radius 1 is 1.57 bits per heavy atom. The van der Waals surface area contributed by atoms with Gasteiger partial charge in [-0.25, -0.2) is 0 Å². The van der Waals surface area contributed by atoms with Gasteiger partial charge in [0.15, 0.2) is 0 Å². The predicted octanol–water partition coefficient (Wildman–Crippen LogP) is 1.24. The molecule has 0 atom stereocenters. The number of rotatable bonds is 4. The van der Waals surface area contributed by atoms with Crippen molar-refractivity contribution in [3.63, 3.8) is 0 Å². The van der Waals surface area contributed by atoms with Crippen LogP contribution < -0.4 is 5.32 Å². The van der Waals surface area contributed by atoms with Gasteiger partial charge in [0.25, 0.3) is 0 Å². The molecule has 1 saturated carbocycles. The van der Waals surface area contributed by atoms with Crippen LogP contribution in [0.15, 0.2) is 6.20 Å². The molecule has 0 aliphatic heterocycles. The van der Waals surface area contributed by atoms with Gasteiger partial charge >= 0.3 is 0 Å². The molecule has 1 aromatic heterocycles. The van der Waals surface area contributed by atoms with Crippen LogP contribution in [0.4, 0.5) is 0 Å². The second-order valence-electron chi connectivity index (χ2n) is 4.22. The van der Waals surface area contributed by atoms with E-state index in [1.54, 1.807) is 4.68 Å². The van der Waals surface area contributed by atoms with Crippen molar-refractivity contribution < 1.29 is 0 Å². The van der Waals surface area contributed by atoms with Gasteiger partial charge < -0.3 is 5.32 Å². The summed E-state index contributed by atoms with van der Waals surface area (Å²) in [6, 6.07) is 0. The van der Waals surface area contributed by atoms with Crippen molar-refractivity contribution in [2.75, 3.05) is 0 Å². The fraction of sp³-hybridized carbons (Fsp3) is 0.800. The number of aromatic nitrogens is 3. The quantitative estimate of drug-likeness (QED) is 0.784. The molecule has 14 heavy (non-hydrogen) atoms. The van der Waals surface area contributed by atoms with Crippen LogP contribution in [0.2, 0.25) is 0 Å². The Balaban J connectivity index is 1.87. The van der Waals surface area contributed by atoms with E-state index >= 15 is 0 Å². The Bertz CT molecular complexity index is 295. The fourth-order valence-electron chi connectivity index (χ4n) is 2.01. The zero-order valence-corrected chi connectivity index (χ0v) is 8.95. The highest BCUT2D eigenvalue weighted by Gasteiger charge is 2.34. The summed E-state index contributed by atoms with van der Waals surface area (Å²) in [7, 11) is 1.90. The first-order chi connectivity index (χ1) is 6.74. The van der Waals surface area contributed by atoms with E-state index in [1.807, 2.05) is 13.2 Å². The maximum absolute atomic E-state index is 4.06. The number of nitrogens with one attached hydrogen (secondary N) is 1. The van der Waals surface area contributed by atoms with Crippen LogP contribution in [0.25, 0.3) is 0 Å². The Labute approximate surface area is 84.7 Å². The smallest absolute Gasteiger partial charge is 0.0964 e. The normalized spacial score (nSPS) is 19.3. The minimum atomic E-state index is 0.400. The van der Waals surface area contributed by atoms with Crippen molar-refractivity contribution in [1.82, 2.24) is 20.3 Å². The molecule has 78 valence electrons. The molecule has 0 saturated heterocycles. The van der Waals surface area contributed by atoms with Crippen molar-refractivity contribution in [2.24, 2.45) is 7.05 Å². The molecule has 0 spiro atoms. The van der Waals surface area contributed by atoms with Crippen LogP contribution in [0.5, 0.6) is 0 Å². The SMILES string of the molecule is CCC1(NCc2cn(C)nn2)CCC1. The summed E-state index contributed by atoms with van der Waals surface area (Å²) in [5.74, 6) is 0. The van der Waals surface area contributed by atoms with E-state index < -0.39 is 0 Å². The lowest BCUT2D eigenvalue weighted by molar-refractivity contribution is 0.175. The number of hydrogen-bond acceptors (Lipinski definition) is 3. The third-order valence-electron chi connectivity index (χ3n) is 3.28. The fourth-order valence-corrected chi connectivity index (χ4v) is 2.01. The van der Waals surface area contributed by atoms with E-state index in [0.29, 0.717) is 5.54 Å². The summed E-state index contributed by atoms with van der Waals surface area (Å²) in [5.41, 5.74) is 1.43. The number of hydrogen-bond donors (Lipinski definition) is 1. The molecule has 4 heteroatoms. The summed E-state index contributed by atoms with van der Waals surface area (Å²) in [6.07, 6.45) is 7.16. The average molecular weight is 194 g/mol. The van der Waals surface area contributed by atoms with Gasteiger partial charge in [0.05, 0.1) is 5.69 Å². The molecular formula is C10H18N4. The van der Waals surface area contributed by atoms with Gasteiger partial charge in [0.2, 0.25) is 0 Å². The minimum absolute atomic E-state index is 0.400. The Kier molecular flexibility index (Phi) is 2.54. The van der Waals surface area contributed by atoms with Crippen molar-refractivity contribution in [3.05, 3.63) is 11.9 Å². The van der Waals surface area contributed by atoms with E-state index in [1.165, 1.54) is 25.7 Å². The van der Waals surface area contributed by atoms with Crippen LogP contribution in [0.3, 0.4) is 0 Å². The van der Waals surface area contributed by atoms with Gasteiger partial charge in [-0.1, -0.05) is 12.1 Å². The standard InChI is InChI=1S/C10H18N4/c1-3-10(5-4-6-10)11-7-9-8-14(2)13-12-9/h8,11H,3-7H2,1-2H3. The van der Waals surface area contributed by atoms with Gasteiger partial charge in [-0.2, -0.15) is 0 Å². The summed E-state index contributed by atoms with van der Waals surface area (Å²) < 4.78 is 1.75. The third kappa shape index (κ3) is 1.80. The van der Waals surface area contributed by atoms with Gasteiger partial charge in [0, 0.05) is 25.3 Å². The second kappa shape index (κ2) is 3.69. The largest absolute Gasteiger partial charge is 0.305 e. The van der Waals surface area contributed by atoms with Crippen molar-refractivity contribution >= 4 is 0 Å². The molecule has 0 bridgehead atoms. The van der Waals surface area contributed by atoms with Crippen LogP contribution in [-0.4, -0.2) is 20.5 Å². The summed E-state index contributed by atoms with van der Waals surface area (Å²) in [4.78, 5) is 0. The second-order valence-corrected chi connectivity index (χ2v) is 4.22. The first-order valence-corrected chi connectivity index (χ1v) is 5.34. The molecule has 0 amide bonds. The van der Waals surface area contributed by atoms with Crippen LogP contribution >= 0.6 is 0 Å². The Morgan fingerprint density at radius 3 is 2.79 bits per heavy atom. The monoisotopic (exact) mass is 194 g/mol. The predicted molar refractivity (Wildman–Crippen MR) is 54.7 cm³/mol. The van der Waals surface area contributed by atoms with E-state index in [0.717, 1.165) is 12.2 Å². The van der Waals surface area contributed by atoms with Gasteiger partial charge in [0.1, 0.15) is 0 Å². The molecule has 1 aromatic rings. The molecule has 4 nitrogen and oxygen atoms in total. The topological polar surface area (TPSA) is 42.7 Å². The summed E-state index contributed by atoms with van der Waals surface area (Å²) in [5, 5.41) is 11.6. The molecule has 0 radical (unpaired) electrons. The zero-order valence-electron chi connectivity index (χ0n) is 8.95. The molecule has 1 fully saturated rings. The van der Waals surface area contributed by atoms with Gasteiger partial charge in [-0.3, -0.25) is 4.68 Å². The number of nitrogens with zero attached hydrogens (tertiary/aromatic N) is 3. The highest BCUT2D eigenvalue weighted by atomic mass is 15.4. The van der Waals surface area contributed by atoms with Crippen LogP contribution in [0, 0.1) is 0 Å². The molecule has 0 unspecified atom stereocenters. The van der Waals surface area contributed by atoms with E-state index in [-0.39, 0.29) is 0 Å². The molecule has 1 aliphatic rings. The average Bonchev–Trinajstić information content (AvgIpc) is 2.50. The minimum Gasteiger partial charge on any atom is -0.305 e. The molecule has 1 N–H and O–H groups in total. The summed E-state index contributed by atoms with van der Waals surface area (Å²) >= 11 is 0. The summed E-state index contributed by atoms with van der Waals surface area (Å²) in [6.45, 7) is 3.10. The lowest BCUT2D eigenvalue weighted by Gasteiger charge is -2.42. The molecule has 0 aromatic carbocycles. The van der Waals surface area contributed by atoms with Crippen molar-refractivity contribution in [1.29, 1.82) is 0 Å². The highest BCUT2D eigenvalue weighted by molar-refractivity contribution is 4.99. The first-order valence-electron chi connectivity index (χ1n) is 5.34.